The van der Waals surface area contributed by atoms with Crippen molar-refractivity contribution >= 4 is 35.3 Å². The number of aliphatic hydroxyl groups is 1. The number of amides is 1. The summed E-state index contributed by atoms with van der Waals surface area (Å²) in [4.78, 5) is 42.0. The van der Waals surface area contributed by atoms with E-state index < -0.39 is 0 Å². The molecular weight excluding hydrogens is 668 g/mol. The number of unbranched alkanes of at least 4 members (excludes halogenated alkanes) is 1. The van der Waals surface area contributed by atoms with Gasteiger partial charge in [0, 0.05) is 60.4 Å². The zero-order valence-electron chi connectivity index (χ0n) is 31.1. The molecule has 1 radical (unpaired) electrons. The number of pyridine rings is 1. The van der Waals surface area contributed by atoms with E-state index in [-0.39, 0.29) is 53.9 Å². The van der Waals surface area contributed by atoms with Crippen LogP contribution >= 0.6 is 0 Å². The summed E-state index contributed by atoms with van der Waals surface area (Å²) < 4.78 is 19.8. The minimum atomic E-state index is -0.309. The van der Waals surface area contributed by atoms with Crippen molar-refractivity contribution in [3.63, 3.8) is 0 Å². The fourth-order valence-electron chi connectivity index (χ4n) is 5.63. The molecule has 1 aliphatic heterocycles. The Morgan fingerprint density at radius 3 is 2.35 bits per heavy atom. The molecule has 0 saturated heterocycles. The third-order valence-corrected chi connectivity index (χ3v) is 8.13. The van der Waals surface area contributed by atoms with Crippen molar-refractivity contribution in [1.82, 2.24) is 15.2 Å². The molecule has 2 aromatic rings. The number of aromatic nitrogens is 1. The molecule has 0 bridgehead atoms. The van der Waals surface area contributed by atoms with E-state index >= 15 is 0 Å². The number of aliphatic hydroxyl groups excluding tert-OH is 1. The molecule has 1 aromatic carbocycles. The van der Waals surface area contributed by atoms with Crippen LogP contribution in [0.1, 0.15) is 108 Å². The molecule has 10 nitrogen and oxygen atoms in total. The van der Waals surface area contributed by atoms with Crippen molar-refractivity contribution < 1.29 is 45.7 Å². The molecule has 0 saturated carbocycles. The fourth-order valence-corrected chi connectivity index (χ4v) is 5.63. The van der Waals surface area contributed by atoms with Gasteiger partial charge in [-0.2, -0.15) is 6.54 Å². The van der Waals surface area contributed by atoms with Gasteiger partial charge in [-0.25, -0.2) is 9.37 Å². The number of hydrogen-bond acceptors (Lipinski definition) is 8. The molecule has 2 atom stereocenters. The maximum atomic E-state index is 14.9. The van der Waals surface area contributed by atoms with Gasteiger partial charge in [0.2, 0.25) is 5.91 Å². The second kappa shape index (κ2) is 25.8. The van der Waals surface area contributed by atoms with Crippen molar-refractivity contribution in [2.75, 3.05) is 33.9 Å². The molecule has 49 heavy (non-hydrogen) atoms. The van der Waals surface area contributed by atoms with Gasteiger partial charge < -0.3 is 31.5 Å². The number of hydrogen-bond donors (Lipinski definition) is 3. The number of aldehydes is 1. The predicted molar refractivity (Wildman–Crippen MR) is 194 cm³/mol. The summed E-state index contributed by atoms with van der Waals surface area (Å²) >= 11 is 0. The first-order valence-electron chi connectivity index (χ1n) is 17.1. The third-order valence-electron chi connectivity index (χ3n) is 8.13. The normalized spacial score (nSPS) is 15.5. The van der Waals surface area contributed by atoms with E-state index in [9.17, 15) is 18.8 Å². The molecule has 1 aliphatic carbocycles. The van der Waals surface area contributed by atoms with Crippen molar-refractivity contribution in [2.45, 2.75) is 100 Å². The number of rotatable bonds is 11. The number of nitrogens with two attached hydrogens (primary N) is 1. The fraction of sp³-hybridized carbons (Fsp3) is 0.568. The zero-order valence-corrected chi connectivity index (χ0v) is 32.3. The molecular formula is C37H59FMnN5O5-. The molecule has 2 aliphatic rings. The minimum absolute atomic E-state index is 0. The molecule has 1 amide bonds. The van der Waals surface area contributed by atoms with Crippen LogP contribution in [-0.4, -0.2) is 67.5 Å². The Hall–Kier alpha value is -3.15. The SMILES string of the molecule is CC.CC.CCC(C)C(/C=C1/c2nc3cc(F)c(C)c4c3c(c2CN1C)C(NC(=O)CN)CC4)=C(/C=O)COC=O.CCCC[NH-].CO.[Mn]. The van der Waals surface area contributed by atoms with Crippen LogP contribution in [0.25, 0.3) is 22.3 Å². The Labute approximate surface area is 303 Å². The number of nitrogens with one attached hydrogen (secondary N) is 2. The van der Waals surface area contributed by atoms with Gasteiger partial charge in [-0.3, -0.25) is 14.4 Å². The molecule has 5 N–H and O–H groups in total. The van der Waals surface area contributed by atoms with Gasteiger partial charge in [0.1, 0.15) is 18.7 Å². The zero-order chi connectivity index (χ0) is 37.0. The largest absolute Gasteiger partial charge is 0.677 e. The number of carbonyl (C=O) groups is 3. The summed E-state index contributed by atoms with van der Waals surface area (Å²) in [5, 5.41) is 10.9. The van der Waals surface area contributed by atoms with Crippen molar-refractivity contribution in [2.24, 2.45) is 11.7 Å². The second-order valence-corrected chi connectivity index (χ2v) is 10.9. The van der Waals surface area contributed by atoms with E-state index in [1.165, 1.54) is 6.07 Å². The van der Waals surface area contributed by atoms with E-state index in [2.05, 4.69) is 12.2 Å². The summed E-state index contributed by atoms with van der Waals surface area (Å²) in [5.41, 5.74) is 18.8. The van der Waals surface area contributed by atoms with E-state index in [0.717, 1.165) is 66.0 Å². The van der Waals surface area contributed by atoms with Crippen LogP contribution < -0.4 is 11.1 Å². The number of allylic oxidation sites excluding steroid dienone is 2. The van der Waals surface area contributed by atoms with Crippen LogP contribution in [0.5, 0.6) is 0 Å². The van der Waals surface area contributed by atoms with Crippen molar-refractivity contribution in [3.05, 3.63) is 62.8 Å². The molecule has 4 rings (SSSR count). The van der Waals surface area contributed by atoms with Crippen molar-refractivity contribution in [3.8, 4) is 0 Å². The van der Waals surface area contributed by atoms with E-state index in [0.29, 0.717) is 54.8 Å². The molecule has 2 heterocycles. The van der Waals surface area contributed by atoms with E-state index in [1.54, 1.807) is 6.92 Å². The summed E-state index contributed by atoms with van der Waals surface area (Å²) in [5.74, 6) is -0.542. The second-order valence-electron chi connectivity index (χ2n) is 10.9. The van der Waals surface area contributed by atoms with Crippen molar-refractivity contribution in [1.29, 1.82) is 0 Å². The topological polar surface area (TPSA) is 159 Å². The first kappa shape index (κ1) is 48.0. The smallest absolute Gasteiger partial charge is 0.293 e. The van der Waals surface area contributed by atoms with Gasteiger partial charge in [0.25, 0.3) is 6.47 Å². The summed E-state index contributed by atoms with van der Waals surface area (Å²) in [7, 11) is 2.94. The van der Waals surface area contributed by atoms with Crippen LogP contribution in [0, 0.1) is 18.7 Å². The first-order valence-corrected chi connectivity index (χ1v) is 17.1. The van der Waals surface area contributed by atoms with Crippen LogP contribution in [0.4, 0.5) is 4.39 Å². The Morgan fingerprint density at radius 2 is 1.86 bits per heavy atom. The van der Waals surface area contributed by atoms with Crippen LogP contribution in [-0.2, 0) is 49.2 Å². The molecule has 277 valence electrons. The van der Waals surface area contributed by atoms with Gasteiger partial charge in [-0.05, 0) is 60.4 Å². The monoisotopic (exact) mass is 727 g/mol. The number of fused-ring (bicyclic) bond motifs is 2. The van der Waals surface area contributed by atoms with Gasteiger partial charge in [0.05, 0.1) is 29.5 Å². The Kier molecular flexibility index (Phi) is 25.2. The average molecular weight is 728 g/mol. The van der Waals surface area contributed by atoms with Crippen LogP contribution in [0.3, 0.4) is 0 Å². The number of ether oxygens (including phenoxy) is 1. The number of aryl methyl sites for hydroxylation is 1. The predicted octanol–water partition coefficient (Wildman–Crippen LogP) is 6.74. The summed E-state index contributed by atoms with van der Waals surface area (Å²) in [6.45, 7) is 17.1. The molecule has 12 heteroatoms. The van der Waals surface area contributed by atoms with E-state index in [4.69, 9.17) is 26.3 Å². The Balaban J connectivity index is 0. The van der Waals surface area contributed by atoms with Crippen LogP contribution in [0.2, 0.25) is 0 Å². The molecule has 1 aromatic heterocycles. The minimum Gasteiger partial charge on any atom is -0.677 e. The average Bonchev–Trinajstić information content (AvgIpc) is 3.43. The molecule has 0 fully saturated rings. The number of benzene rings is 1. The molecule has 2 unspecified atom stereocenters. The maximum Gasteiger partial charge on any atom is 0.293 e. The third kappa shape index (κ3) is 12.3. The van der Waals surface area contributed by atoms with Gasteiger partial charge in [-0.15, -0.1) is 0 Å². The number of nitrogens with zero attached hydrogens (tertiary/aromatic N) is 2. The Bertz CT molecular complexity index is 1400. The summed E-state index contributed by atoms with van der Waals surface area (Å²) in [6, 6.07) is 1.19. The quantitative estimate of drug-likeness (QED) is 0.130. The van der Waals surface area contributed by atoms with Gasteiger partial charge in [0.15, 0.2) is 0 Å². The van der Waals surface area contributed by atoms with Crippen LogP contribution in [0.15, 0.2) is 23.3 Å². The summed E-state index contributed by atoms with van der Waals surface area (Å²) in [6.07, 6.45) is 6.88. The Morgan fingerprint density at radius 1 is 1.22 bits per heavy atom. The maximum absolute atomic E-state index is 14.9. The van der Waals surface area contributed by atoms with Gasteiger partial charge >= 0.3 is 0 Å². The number of halogens is 1. The number of carbonyl (C=O) groups excluding carboxylic acids is 3. The van der Waals surface area contributed by atoms with Gasteiger partial charge in [-0.1, -0.05) is 61.3 Å². The molecule has 0 spiro atoms. The van der Waals surface area contributed by atoms with E-state index in [1.807, 2.05) is 59.6 Å². The first-order chi connectivity index (χ1) is 23.2. The standard InChI is InChI=1S/C28H33FN4O4.C4H10N.2C2H6.CH4O.Mn/c1-5-15(2)19(17(12-34)13-37-14-35)8-24-28-20(11-33(24)4)27-22(31-25(36)10-30)7-6-18-16(3)21(29)9-23(32-28)26(18)27;1-2-3-4-5;3*1-2;/h8-9,12,14-15,22H,5-7,10-11,13,30H2,1-4H3,(H,31,36);5H,2-4H2,1H3;2*1-2H3;2H,1H3;/q;-1;;;;/b19-17-,24-8-;;;;;.